The van der Waals surface area contributed by atoms with Crippen LogP contribution in [0.15, 0.2) is 0 Å². The number of carbonyl (C=O) groups excluding carboxylic acids is 1. The Kier molecular flexibility index (Phi) is 3.56. The lowest BCUT2D eigenvalue weighted by Gasteiger charge is -2.34. The third-order valence-electron chi connectivity index (χ3n) is 4.02. The SMILES string of the molecule is CC(C)(N)C(=O)N1CCOC[C@]2(Cc3c(N)nc(N)nc3O2)C1. The van der Waals surface area contributed by atoms with Crippen molar-refractivity contribution < 1.29 is 14.3 Å². The number of amides is 1. The number of carbonyl (C=O) groups is 1. The van der Waals surface area contributed by atoms with Gasteiger partial charge in [-0.05, 0) is 13.8 Å². The number of nitrogens with zero attached hydrogens (tertiary/aromatic N) is 3. The molecule has 9 nitrogen and oxygen atoms in total. The number of nitrogens with two attached hydrogens (primary N) is 3. The number of anilines is 2. The van der Waals surface area contributed by atoms with E-state index in [-0.39, 0.29) is 11.9 Å². The number of ether oxygens (including phenoxy) is 2. The topological polar surface area (TPSA) is 143 Å². The summed E-state index contributed by atoms with van der Waals surface area (Å²) in [5, 5.41) is 0. The van der Waals surface area contributed by atoms with E-state index in [9.17, 15) is 4.79 Å². The molecule has 0 radical (unpaired) electrons. The lowest BCUT2D eigenvalue weighted by molar-refractivity contribution is -0.137. The maximum absolute atomic E-state index is 12.5. The molecule has 2 aliphatic rings. The van der Waals surface area contributed by atoms with E-state index >= 15 is 0 Å². The van der Waals surface area contributed by atoms with Gasteiger partial charge in [-0.25, -0.2) is 0 Å². The smallest absolute Gasteiger partial charge is 0.242 e. The average Bonchev–Trinajstić information content (AvgIpc) is 2.66. The van der Waals surface area contributed by atoms with Crippen LogP contribution in [0.3, 0.4) is 0 Å². The molecule has 1 amide bonds. The average molecular weight is 322 g/mol. The lowest BCUT2D eigenvalue weighted by atomic mass is 9.96. The Morgan fingerprint density at radius 2 is 2.09 bits per heavy atom. The van der Waals surface area contributed by atoms with Gasteiger partial charge in [0.15, 0.2) is 5.60 Å². The minimum atomic E-state index is -0.958. The number of nitrogen functional groups attached to an aromatic ring is 2. The molecule has 23 heavy (non-hydrogen) atoms. The first kappa shape index (κ1) is 15.8. The van der Waals surface area contributed by atoms with E-state index in [1.54, 1.807) is 18.7 Å². The molecule has 6 N–H and O–H groups in total. The van der Waals surface area contributed by atoms with Gasteiger partial charge in [-0.1, -0.05) is 0 Å². The Morgan fingerprint density at radius 3 is 2.78 bits per heavy atom. The third kappa shape index (κ3) is 2.89. The Labute approximate surface area is 134 Å². The summed E-state index contributed by atoms with van der Waals surface area (Å²) in [5.74, 6) is 0.565. The van der Waals surface area contributed by atoms with Crippen LogP contribution in [-0.4, -0.2) is 58.2 Å². The van der Waals surface area contributed by atoms with E-state index in [1.807, 2.05) is 0 Å². The van der Waals surface area contributed by atoms with Crippen molar-refractivity contribution in [2.24, 2.45) is 5.73 Å². The van der Waals surface area contributed by atoms with E-state index in [4.69, 9.17) is 26.7 Å². The number of rotatable bonds is 1. The van der Waals surface area contributed by atoms with E-state index in [0.717, 1.165) is 0 Å². The first-order chi connectivity index (χ1) is 10.7. The molecule has 0 aliphatic carbocycles. The van der Waals surface area contributed by atoms with Gasteiger partial charge >= 0.3 is 0 Å². The van der Waals surface area contributed by atoms with Crippen molar-refractivity contribution in [3.63, 3.8) is 0 Å². The van der Waals surface area contributed by atoms with E-state index in [1.165, 1.54) is 0 Å². The lowest BCUT2D eigenvalue weighted by Crippen LogP contribution is -2.56. The Hall–Kier alpha value is -2.13. The monoisotopic (exact) mass is 322 g/mol. The van der Waals surface area contributed by atoms with Gasteiger partial charge in [-0.2, -0.15) is 9.97 Å². The van der Waals surface area contributed by atoms with Gasteiger partial charge in [0.1, 0.15) is 5.82 Å². The van der Waals surface area contributed by atoms with Gasteiger partial charge in [0.2, 0.25) is 17.7 Å². The van der Waals surface area contributed by atoms with Crippen molar-refractivity contribution in [3.8, 4) is 5.88 Å². The Morgan fingerprint density at radius 1 is 1.35 bits per heavy atom. The normalized spacial score (nSPS) is 24.2. The molecule has 3 heterocycles. The van der Waals surface area contributed by atoms with Crippen molar-refractivity contribution >= 4 is 17.7 Å². The van der Waals surface area contributed by atoms with Crippen molar-refractivity contribution in [1.82, 2.24) is 14.9 Å². The minimum Gasteiger partial charge on any atom is -0.466 e. The van der Waals surface area contributed by atoms with Crippen LogP contribution < -0.4 is 21.9 Å². The molecule has 0 aromatic carbocycles. The third-order valence-corrected chi connectivity index (χ3v) is 4.02. The van der Waals surface area contributed by atoms with Gasteiger partial charge in [0, 0.05) is 13.0 Å². The summed E-state index contributed by atoms with van der Waals surface area (Å²) in [4.78, 5) is 22.3. The summed E-state index contributed by atoms with van der Waals surface area (Å²) >= 11 is 0. The largest absolute Gasteiger partial charge is 0.466 e. The molecule has 0 unspecified atom stereocenters. The van der Waals surface area contributed by atoms with Crippen LogP contribution in [0.4, 0.5) is 11.8 Å². The van der Waals surface area contributed by atoms with Gasteiger partial charge < -0.3 is 31.6 Å². The van der Waals surface area contributed by atoms with Gasteiger partial charge in [0.05, 0.1) is 30.9 Å². The maximum Gasteiger partial charge on any atom is 0.242 e. The minimum absolute atomic E-state index is 0.0591. The zero-order valence-electron chi connectivity index (χ0n) is 13.3. The van der Waals surface area contributed by atoms with Crippen molar-refractivity contribution in [1.29, 1.82) is 0 Å². The molecule has 0 saturated carbocycles. The molecule has 9 heteroatoms. The Bertz CT molecular complexity index is 644. The second-order valence-corrected chi connectivity index (χ2v) is 6.71. The molecule has 1 aromatic heterocycles. The van der Waals surface area contributed by atoms with Crippen LogP contribution in [0.2, 0.25) is 0 Å². The van der Waals surface area contributed by atoms with Crippen LogP contribution in [0, 0.1) is 0 Å². The predicted octanol–water partition coefficient (Wildman–Crippen LogP) is -1.09. The molecule has 2 aliphatic heterocycles. The second-order valence-electron chi connectivity index (χ2n) is 6.71. The summed E-state index contributed by atoms with van der Waals surface area (Å²) in [7, 11) is 0. The highest BCUT2D eigenvalue weighted by Crippen LogP contribution is 2.38. The molecule has 1 atom stereocenters. The highest BCUT2D eigenvalue weighted by atomic mass is 16.6. The molecular weight excluding hydrogens is 300 g/mol. The van der Waals surface area contributed by atoms with Crippen molar-refractivity contribution in [3.05, 3.63) is 5.56 Å². The summed E-state index contributed by atoms with van der Waals surface area (Å²) in [6.45, 7) is 4.93. The molecule has 1 saturated heterocycles. The first-order valence-corrected chi connectivity index (χ1v) is 7.47. The molecular formula is C14H22N6O3. The fraction of sp³-hybridized carbons (Fsp3) is 0.643. The molecule has 0 bridgehead atoms. The van der Waals surface area contributed by atoms with Crippen LogP contribution in [0.1, 0.15) is 19.4 Å². The predicted molar refractivity (Wildman–Crippen MR) is 83.6 cm³/mol. The molecule has 1 aromatic rings. The summed E-state index contributed by atoms with van der Waals surface area (Å²) < 4.78 is 11.6. The molecule has 3 rings (SSSR count). The number of hydrogen-bond acceptors (Lipinski definition) is 8. The second kappa shape index (κ2) is 5.20. The Balaban J connectivity index is 1.88. The molecule has 1 fully saturated rings. The molecule has 126 valence electrons. The van der Waals surface area contributed by atoms with E-state index in [2.05, 4.69) is 9.97 Å². The van der Waals surface area contributed by atoms with Crippen LogP contribution >= 0.6 is 0 Å². The zero-order chi connectivity index (χ0) is 16.8. The fourth-order valence-electron chi connectivity index (χ4n) is 2.97. The highest BCUT2D eigenvalue weighted by Gasteiger charge is 2.46. The number of hydrogen-bond donors (Lipinski definition) is 3. The quantitative estimate of drug-likeness (QED) is 0.592. The van der Waals surface area contributed by atoms with Gasteiger partial charge in [0.25, 0.3) is 0 Å². The van der Waals surface area contributed by atoms with Gasteiger partial charge in [-0.15, -0.1) is 0 Å². The zero-order valence-corrected chi connectivity index (χ0v) is 13.3. The molecule has 1 spiro atoms. The van der Waals surface area contributed by atoms with E-state index < -0.39 is 11.1 Å². The summed E-state index contributed by atoms with van der Waals surface area (Å²) in [5.41, 5.74) is 16.5. The first-order valence-electron chi connectivity index (χ1n) is 7.47. The van der Waals surface area contributed by atoms with Crippen LogP contribution in [-0.2, 0) is 16.0 Å². The summed E-state index contributed by atoms with van der Waals surface area (Å²) in [6, 6.07) is 0. The van der Waals surface area contributed by atoms with Crippen molar-refractivity contribution in [2.45, 2.75) is 31.4 Å². The number of aromatic nitrogens is 2. The standard InChI is InChI=1S/C14H22N6O3/c1-13(2,17)11(21)20-3-4-22-7-14(6-20)5-8-9(15)18-12(16)19-10(8)23-14/h3-7,17H2,1-2H3,(H4,15,16,18,19)/t14-/m0/s1. The van der Waals surface area contributed by atoms with Crippen molar-refractivity contribution in [2.75, 3.05) is 37.8 Å². The van der Waals surface area contributed by atoms with E-state index in [0.29, 0.717) is 50.0 Å². The fourth-order valence-corrected chi connectivity index (χ4v) is 2.97. The highest BCUT2D eigenvalue weighted by molar-refractivity contribution is 5.85. The van der Waals surface area contributed by atoms with Gasteiger partial charge in [-0.3, -0.25) is 4.79 Å². The number of fused-ring (bicyclic) bond motifs is 1. The summed E-state index contributed by atoms with van der Waals surface area (Å²) in [6.07, 6.45) is 0.462. The van der Waals surface area contributed by atoms with Crippen LogP contribution in [0.25, 0.3) is 0 Å². The van der Waals surface area contributed by atoms with Crippen LogP contribution in [0.5, 0.6) is 5.88 Å². The maximum atomic E-state index is 12.5.